The molecule has 0 saturated carbocycles. The van der Waals surface area contributed by atoms with Gasteiger partial charge in [-0.15, -0.1) is 0 Å². The van der Waals surface area contributed by atoms with Crippen LogP contribution in [0.3, 0.4) is 0 Å². The van der Waals surface area contributed by atoms with Crippen LogP contribution in [0.2, 0.25) is 0 Å². The van der Waals surface area contributed by atoms with Crippen molar-refractivity contribution in [3.05, 3.63) is 0 Å². The fourth-order valence-electron chi connectivity index (χ4n) is 0.848. The maximum absolute atomic E-state index is 10.4. The summed E-state index contributed by atoms with van der Waals surface area (Å²) in [5.41, 5.74) is 0. The van der Waals surface area contributed by atoms with Crippen molar-refractivity contribution in [2.75, 3.05) is 6.61 Å². The first kappa shape index (κ1) is 11.4. The number of rotatable bonds is 5. The summed E-state index contributed by atoms with van der Waals surface area (Å²) in [6, 6.07) is -0.749. The molecule has 0 saturated heterocycles. The Labute approximate surface area is 72.6 Å². The van der Waals surface area contributed by atoms with E-state index in [-0.39, 0.29) is 18.6 Å². The van der Waals surface area contributed by atoms with Crippen molar-refractivity contribution in [1.82, 2.24) is 5.32 Å². The summed E-state index contributed by atoms with van der Waals surface area (Å²) in [5.74, 6) is -0.661. The van der Waals surface area contributed by atoms with Crippen molar-refractivity contribution in [2.24, 2.45) is 5.92 Å². The van der Waals surface area contributed by atoms with E-state index >= 15 is 0 Å². The Kier molecular flexibility index (Phi) is 4.85. The largest absolute Gasteiger partial charge is 0.480 e. The Morgan fingerprint density at radius 3 is 2.17 bits per heavy atom. The van der Waals surface area contributed by atoms with Crippen molar-refractivity contribution in [1.29, 1.82) is 0 Å². The molecule has 0 aromatic rings. The fraction of sp³-hybridized carbons (Fsp3) is 0.875. The lowest BCUT2D eigenvalue weighted by atomic mass is 10.0. The van der Waals surface area contributed by atoms with E-state index in [1.165, 1.54) is 0 Å². The van der Waals surface area contributed by atoms with Crippen LogP contribution in [0.15, 0.2) is 0 Å². The number of aliphatic hydroxyl groups is 1. The predicted molar refractivity (Wildman–Crippen MR) is 45.9 cm³/mol. The molecule has 12 heavy (non-hydrogen) atoms. The normalized spacial score (nSPS) is 16.1. The third kappa shape index (κ3) is 3.69. The van der Waals surface area contributed by atoms with Gasteiger partial charge in [0.2, 0.25) is 0 Å². The number of aliphatic carboxylic acids is 1. The SMILES string of the molecule is CC(NC(CO)C(C)C)C(=O)O. The average Bonchev–Trinajstić information content (AvgIpc) is 1.98. The zero-order valence-electron chi connectivity index (χ0n) is 7.74. The lowest BCUT2D eigenvalue weighted by Crippen LogP contribution is -2.45. The molecule has 0 bridgehead atoms. The lowest BCUT2D eigenvalue weighted by molar-refractivity contribution is -0.139. The molecule has 0 amide bonds. The molecule has 2 atom stereocenters. The minimum Gasteiger partial charge on any atom is -0.480 e. The standard InChI is InChI=1S/C8H17NO3/c1-5(2)7(4-10)9-6(3)8(11)12/h5-7,9-10H,4H2,1-3H3,(H,11,12). The van der Waals surface area contributed by atoms with Gasteiger partial charge in [0.25, 0.3) is 0 Å². The maximum Gasteiger partial charge on any atom is 0.320 e. The molecule has 0 aliphatic carbocycles. The topological polar surface area (TPSA) is 69.6 Å². The van der Waals surface area contributed by atoms with E-state index in [2.05, 4.69) is 5.32 Å². The number of nitrogens with one attached hydrogen (secondary N) is 1. The number of carboxylic acids is 1. The van der Waals surface area contributed by atoms with E-state index in [1.807, 2.05) is 13.8 Å². The molecule has 0 radical (unpaired) electrons. The maximum atomic E-state index is 10.4. The minimum atomic E-state index is -0.894. The van der Waals surface area contributed by atoms with Crippen LogP contribution in [-0.4, -0.2) is 34.9 Å². The Morgan fingerprint density at radius 2 is 1.92 bits per heavy atom. The van der Waals surface area contributed by atoms with Gasteiger partial charge in [0.1, 0.15) is 6.04 Å². The van der Waals surface area contributed by atoms with E-state index in [0.717, 1.165) is 0 Å². The van der Waals surface area contributed by atoms with Crippen molar-refractivity contribution >= 4 is 5.97 Å². The zero-order valence-corrected chi connectivity index (χ0v) is 7.74. The minimum absolute atomic E-state index is 0.0325. The van der Waals surface area contributed by atoms with Gasteiger partial charge >= 0.3 is 5.97 Å². The van der Waals surface area contributed by atoms with Gasteiger partial charge in [-0.25, -0.2) is 0 Å². The Bertz CT molecular complexity index is 147. The molecular formula is C8H17NO3. The van der Waals surface area contributed by atoms with E-state index in [0.29, 0.717) is 0 Å². The van der Waals surface area contributed by atoms with Crippen LogP contribution < -0.4 is 5.32 Å². The third-order valence-corrected chi connectivity index (χ3v) is 1.84. The van der Waals surface area contributed by atoms with Gasteiger partial charge in [-0.2, -0.15) is 0 Å². The molecule has 0 aromatic heterocycles. The van der Waals surface area contributed by atoms with E-state index in [4.69, 9.17) is 10.2 Å². The number of aliphatic hydroxyl groups excluding tert-OH is 1. The molecule has 0 fully saturated rings. The van der Waals surface area contributed by atoms with Gasteiger partial charge in [0, 0.05) is 6.04 Å². The van der Waals surface area contributed by atoms with E-state index < -0.39 is 12.0 Å². The summed E-state index contributed by atoms with van der Waals surface area (Å²) >= 11 is 0. The molecule has 0 rings (SSSR count). The molecule has 72 valence electrons. The summed E-state index contributed by atoms with van der Waals surface area (Å²) in [6.07, 6.45) is 0. The quantitative estimate of drug-likeness (QED) is 0.553. The van der Waals surface area contributed by atoms with Crippen molar-refractivity contribution in [3.63, 3.8) is 0 Å². The lowest BCUT2D eigenvalue weighted by Gasteiger charge is -2.22. The Balaban J connectivity index is 3.93. The molecule has 0 aromatic carbocycles. The first-order valence-electron chi connectivity index (χ1n) is 4.08. The van der Waals surface area contributed by atoms with Gasteiger partial charge in [-0.3, -0.25) is 10.1 Å². The molecule has 3 N–H and O–H groups in total. The highest BCUT2D eigenvalue weighted by Gasteiger charge is 2.18. The third-order valence-electron chi connectivity index (χ3n) is 1.84. The summed E-state index contributed by atoms with van der Waals surface area (Å²) in [5, 5.41) is 20.3. The highest BCUT2D eigenvalue weighted by molar-refractivity contribution is 5.72. The molecule has 2 unspecified atom stereocenters. The van der Waals surface area contributed by atoms with Gasteiger partial charge < -0.3 is 10.2 Å². The highest BCUT2D eigenvalue weighted by atomic mass is 16.4. The zero-order chi connectivity index (χ0) is 9.72. The molecular weight excluding hydrogens is 158 g/mol. The van der Waals surface area contributed by atoms with E-state index in [9.17, 15) is 4.79 Å². The number of hydrogen-bond acceptors (Lipinski definition) is 3. The second-order valence-corrected chi connectivity index (χ2v) is 3.26. The highest BCUT2D eigenvalue weighted by Crippen LogP contribution is 2.01. The smallest absolute Gasteiger partial charge is 0.320 e. The monoisotopic (exact) mass is 175 g/mol. The van der Waals surface area contributed by atoms with Crippen molar-refractivity contribution in [2.45, 2.75) is 32.9 Å². The van der Waals surface area contributed by atoms with E-state index in [1.54, 1.807) is 6.92 Å². The van der Waals surface area contributed by atoms with Crippen LogP contribution in [0, 0.1) is 5.92 Å². The second kappa shape index (κ2) is 5.11. The molecule has 4 heteroatoms. The van der Waals surface area contributed by atoms with Crippen LogP contribution in [0.25, 0.3) is 0 Å². The van der Waals surface area contributed by atoms with Crippen LogP contribution >= 0.6 is 0 Å². The summed E-state index contributed by atoms with van der Waals surface area (Å²) in [4.78, 5) is 10.4. The molecule has 0 aliphatic rings. The second-order valence-electron chi connectivity index (χ2n) is 3.26. The molecule has 0 aliphatic heterocycles. The molecule has 0 heterocycles. The van der Waals surface area contributed by atoms with Gasteiger partial charge in [0.15, 0.2) is 0 Å². The molecule has 0 spiro atoms. The van der Waals surface area contributed by atoms with Gasteiger partial charge in [-0.1, -0.05) is 13.8 Å². The number of carboxylic acid groups (broad SMARTS) is 1. The van der Waals surface area contributed by atoms with Crippen molar-refractivity contribution < 1.29 is 15.0 Å². The van der Waals surface area contributed by atoms with Crippen molar-refractivity contribution in [3.8, 4) is 0 Å². The number of carbonyl (C=O) groups is 1. The predicted octanol–water partition coefficient (Wildman–Crippen LogP) is 0.0660. The van der Waals surface area contributed by atoms with Gasteiger partial charge in [-0.05, 0) is 12.8 Å². The van der Waals surface area contributed by atoms with Crippen LogP contribution in [0.1, 0.15) is 20.8 Å². The fourth-order valence-corrected chi connectivity index (χ4v) is 0.848. The van der Waals surface area contributed by atoms with Crippen LogP contribution in [-0.2, 0) is 4.79 Å². The van der Waals surface area contributed by atoms with Crippen LogP contribution in [0.5, 0.6) is 0 Å². The summed E-state index contributed by atoms with van der Waals surface area (Å²) in [6.45, 7) is 5.40. The first-order chi connectivity index (χ1) is 5.49. The van der Waals surface area contributed by atoms with Crippen LogP contribution in [0.4, 0.5) is 0 Å². The number of hydrogen-bond donors (Lipinski definition) is 3. The first-order valence-corrected chi connectivity index (χ1v) is 4.08. The molecule has 4 nitrogen and oxygen atoms in total. The average molecular weight is 175 g/mol. The Morgan fingerprint density at radius 1 is 1.42 bits per heavy atom. The van der Waals surface area contributed by atoms with Gasteiger partial charge in [0.05, 0.1) is 6.61 Å². The summed E-state index contributed by atoms with van der Waals surface area (Å²) in [7, 11) is 0. The Hall–Kier alpha value is -0.610. The summed E-state index contributed by atoms with van der Waals surface area (Å²) < 4.78 is 0.